The molecule has 2 N–H and O–H groups in total. The maximum atomic E-state index is 12.0. The number of amides is 2. The third-order valence-electron chi connectivity index (χ3n) is 9.63. The first-order chi connectivity index (χ1) is 21.8. The number of rotatable bonds is 38. The second kappa shape index (κ2) is 40.3. The van der Waals surface area contributed by atoms with Crippen LogP contribution in [0.2, 0.25) is 0 Å². The van der Waals surface area contributed by atoms with Gasteiger partial charge in [0.15, 0.2) is 0 Å². The first kappa shape index (κ1) is 43.3. The third kappa shape index (κ3) is 39.3. The quantitative estimate of drug-likeness (QED) is 0.0662. The van der Waals surface area contributed by atoms with E-state index in [2.05, 4.69) is 24.5 Å². The van der Waals surface area contributed by atoms with Gasteiger partial charge in [-0.3, -0.25) is 0 Å². The Labute approximate surface area is 279 Å². The Morgan fingerprint density at radius 3 is 0.614 bits per heavy atom. The SMILES string of the molecule is CCCCCCCCCCCCCCCCCCCCCCNC(=O)NCCCCCCCCCCCCCCCCCC. The molecule has 0 aromatic heterocycles. The highest BCUT2D eigenvalue weighted by atomic mass is 16.2. The second-order valence-electron chi connectivity index (χ2n) is 14.2. The van der Waals surface area contributed by atoms with Gasteiger partial charge in [-0.25, -0.2) is 4.79 Å². The molecule has 0 fully saturated rings. The average Bonchev–Trinajstić information content (AvgIpc) is 3.03. The number of urea groups is 1. The van der Waals surface area contributed by atoms with Crippen LogP contribution in [-0.4, -0.2) is 19.1 Å². The van der Waals surface area contributed by atoms with Crippen molar-refractivity contribution in [1.82, 2.24) is 10.6 Å². The molecular formula is C41H84N2O. The Kier molecular flexibility index (Phi) is 39.6. The average molecular weight is 621 g/mol. The number of carbonyl (C=O) groups is 1. The van der Waals surface area contributed by atoms with Crippen LogP contribution in [0.5, 0.6) is 0 Å². The zero-order chi connectivity index (χ0) is 31.9. The van der Waals surface area contributed by atoms with E-state index in [-0.39, 0.29) is 6.03 Å². The maximum Gasteiger partial charge on any atom is 0.314 e. The second-order valence-corrected chi connectivity index (χ2v) is 14.2. The molecule has 0 radical (unpaired) electrons. The van der Waals surface area contributed by atoms with E-state index < -0.39 is 0 Å². The van der Waals surface area contributed by atoms with Gasteiger partial charge in [-0.1, -0.05) is 232 Å². The Morgan fingerprint density at radius 1 is 0.273 bits per heavy atom. The van der Waals surface area contributed by atoms with Gasteiger partial charge in [0.2, 0.25) is 0 Å². The van der Waals surface area contributed by atoms with E-state index in [0.29, 0.717) is 0 Å². The van der Waals surface area contributed by atoms with Crippen molar-refractivity contribution in [2.45, 2.75) is 245 Å². The van der Waals surface area contributed by atoms with Gasteiger partial charge in [0.05, 0.1) is 0 Å². The molecule has 0 aliphatic heterocycles. The molecule has 264 valence electrons. The molecule has 0 spiro atoms. The smallest absolute Gasteiger partial charge is 0.314 e. The maximum absolute atomic E-state index is 12.0. The summed E-state index contributed by atoms with van der Waals surface area (Å²) in [7, 11) is 0. The predicted molar refractivity (Wildman–Crippen MR) is 199 cm³/mol. The van der Waals surface area contributed by atoms with Gasteiger partial charge in [0, 0.05) is 13.1 Å². The van der Waals surface area contributed by atoms with Crippen molar-refractivity contribution in [1.29, 1.82) is 0 Å². The van der Waals surface area contributed by atoms with E-state index in [1.807, 2.05) is 0 Å². The fourth-order valence-corrected chi connectivity index (χ4v) is 6.52. The lowest BCUT2D eigenvalue weighted by Crippen LogP contribution is -2.36. The lowest BCUT2D eigenvalue weighted by molar-refractivity contribution is 0.240. The van der Waals surface area contributed by atoms with Crippen molar-refractivity contribution < 1.29 is 4.79 Å². The van der Waals surface area contributed by atoms with E-state index in [9.17, 15) is 4.79 Å². The Morgan fingerprint density at radius 2 is 0.432 bits per heavy atom. The fraction of sp³-hybridized carbons (Fsp3) is 0.976. The molecule has 0 aromatic carbocycles. The van der Waals surface area contributed by atoms with Crippen LogP contribution in [0.25, 0.3) is 0 Å². The van der Waals surface area contributed by atoms with Crippen LogP contribution in [0.15, 0.2) is 0 Å². The van der Waals surface area contributed by atoms with Crippen LogP contribution >= 0.6 is 0 Å². The number of nitrogens with one attached hydrogen (secondary N) is 2. The van der Waals surface area contributed by atoms with Gasteiger partial charge in [-0.15, -0.1) is 0 Å². The normalized spacial score (nSPS) is 11.3. The van der Waals surface area contributed by atoms with Gasteiger partial charge in [-0.2, -0.15) is 0 Å². The van der Waals surface area contributed by atoms with Crippen LogP contribution in [0.4, 0.5) is 4.79 Å². The molecule has 3 nitrogen and oxygen atoms in total. The molecule has 0 saturated heterocycles. The molecule has 0 aliphatic carbocycles. The molecule has 0 aromatic rings. The summed E-state index contributed by atoms with van der Waals surface area (Å²) >= 11 is 0. The van der Waals surface area contributed by atoms with Crippen LogP contribution in [0.1, 0.15) is 245 Å². The molecule has 0 rings (SSSR count). The van der Waals surface area contributed by atoms with E-state index in [1.54, 1.807) is 0 Å². The lowest BCUT2D eigenvalue weighted by Gasteiger charge is -2.08. The molecular weight excluding hydrogens is 536 g/mol. The summed E-state index contributed by atoms with van der Waals surface area (Å²) in [6.07, 6.45) is 50.3. The zero-order valence-electron chi connectivity index (χ0n) is 30.8. The summed E-state index contributed by atoms with van der Waals surface area (Å²) in [5.41, 5.74) is 0. The van der Waals surface area contributed by atoms with Crippen molar-refractivity contribution in [3.63, 3.8) is 0 Å². The molecule has 44 heavy (non-hydrogen) atoms. The fourth-order valence-electron chi connectivity index (χ4n) is 6.52. The van der Waals surface area contributed by atoms with Gasteiger partial charge in [0.25, 0.3) is 0 Å². The van der Waals surface area contributed by atoms with Crippen molar-refractivity contribution in [2.75, 3.05) is 13.1 Å². The van der Waals surface area contributed by atoms with E-state index in [4.69, 9.17) is 0 Å². The number of hydrogen-bond acceptors (Lipinski definition) is 1. The highest BCUT2D eigenvalue weighted by molar-refractivity contribution is 5.73. The Bertz CT molecular complexity index is 523. The number of hydrogen-bond donors (Lipinski definition) is 2. The molecule has 0 unspecified atom stereocenters. The minimum absolute atomic E-state index is 0.0313. The summed E-state index contributed by atoms with van der Waals surface area (Å²) in [6, 6.07) is 0.0313. The van der Waals surface area contributed by atoms with Gasteiger partial charge in [0.1, 0.15) is 0 Å². The van der Waals surface area contributed by atoms with E-state index in [1.165, 1.54) is 218 Å². The monoisotopic (exact) mass is 621 g/mol. The predicted octanol–water partition coefficient (Wildman–Crippen LogP) is 14.4. The molecule has 0 atom stereocenters. The van der Waals surface area contributed by atoms with Gasteiger partial charge >= 0.3 is 6.03 Å². The molecule has 0 saturated carbocycles. The zero-order valence-corrected chi connectivity index (χ0v) is 30.8. The summed E-state index contributed by atoms with van der Waals surface area (Å²) in [5.74, 6) is 0. The topological polar surface area (TPSA) is 41.1 Å². The molecule has 2 amide bonds. The summed E-state index contributed by atoms with van der Waals surface area (Å²) in [5, 5.41) is 6.09. The minimum atomic E-state index is 0.0313. The standard InChI is InChI=1S/C41H84N2O/c1-3-5-7-9-11-13-15-17-19-21-22-23-24-26-28-30-32-34-36-38-40-43-41(44)42-39-37-35-33-31-29-27-25-20-18-16-14-12-10-8-6-4-2/h3-40H2,1-2H3,(H2,42,43,44). The first-order valence-corrected chi connectivity index (χ1v) is 20.8. The molecule has 0 heterocycles. The highest BCUT2D eigenvalue weighted by Gasteiger charge is 2.00. The molecule has 0 bridgehead atoms. The summed E-state index contributed by atoms with van der Waals surface area (Å²) < 4.78 is 0. The van der Waals surface area contributed by atoms with E-state index >= 15 is 0 Å². The lowest BCUT2D eigenvalue weighted by atomic mass is 10.0. The molecule has 3 heteroatoms. The minimum Gasteiger partial charge on any atom is -0.338 e. The third-order valence-corrected chi connectivity index (χ3v) is 9.63. The van der Waals surface area contributed by atoms with E-state index in [0.717, 1.165) is 25.9 Å². The van der Waals surface area contributed by atoms with Crippen molar-refractivity contribution in [2.24, 2.45) is 0 Å². The highest BCUT2D eigenvalue weighted by Crippen LogP contribution is 2.16. The van der Waals surface area contributed by atoms with Crippen LogP contribution in [-0.2, 0) is 0 Å². The van der Waals surface area contributed by atoms with Crippen molar-refractivity contribution in [3.8, 4) is 0 Å². The Hall–Kier alpha value is -0.730. The number of unbranched alkanes of at least 4 members (excludes halogenated alkanes) is 34. The van der Waals surface area contributed by atoms with Gasteiger partial charge in [-0.05, 0) is 12.8 Å². The van der Waals surface area contributed by atoms with Crippen LogP contribution in [0.3, 0.4) is 0 Å². The molecule has 0 aliphatic rings. The van der Waals surface area contributed by atoms with Gasteiger partial charge < -0.3 is 10.6 Å². The largest absolute Gasteiger partial charge is 0.338 e. The first-order valence-electron chi connectivity index (χ1n) is 20.8. The van der Waals surface area contributed by atoms with Crippen LogP contribution < -0.4 is 10.6 Å². The van der Waals surface area contributed by atoms with Crippen LogP contribution in [0, 0.1) is 0 Å². The van der Waals surface area contributed by atoms with Crippen molar-refractivity contribution >= 4 is 6.03 Å². The Balaban J connectivity index is 3.14. The van der Waals surface area contributed by atoms with Crippen molar-refractivity contribution in [3.05, 3.63) is 0 Å². The number of carbonyl (C=O) groups excluding carboxylic acids is 1. The summed E-state index contributed by atoms with van der Waals surface area (Å²) in [4.78, 5) is 12.0. The summed E-state index contributed by atoms with van der Waals surface area (Å²) in [6.45, 7) is 6.24.